The van der Waals surface area contributed by atoms with E-state index in [4.69, 9.17) is 14.2 Å². The molecule has 0 spiro atoms. The number of nitrogens with one attached hydrogen (secondary N) is 1. The third kappa shape index (κ3) is 9.75. The van der Waals surface area contributed by atoms with E-state index < -0.39 is 84.7 Å². The van der Waals surface area contributed by atoms with E-state index in [1.165, 1.54) is 31.4 Å². The number of carbonyl (C=O) groups excluding carboxylic acids is 1. The van der Waals surface area contributed by atoms with Gasteiger partial charge in [0.2, 0.25) is 0 Å². The second-order valence-electron chi connectivity index (χ2n) is 9.39. The summed E-state index contributed by atoms with van der Waals surface area (Å²) in [5, 5.41) is 10.1. The van der Waals surface area contributed by atoms with Crippen LogP contribution in [0.2, 0.25) is 0 Å². The Balaban J connectivity index is 1.44. The lowest BCUT2D eigenvalue weighted by Crippen LogP contribution is -2.40. The average molecular weight is 754 g/mol. The van der Waals surface area contributed by atoms with Crippen LogP contribution in [0.4, 0.5) is 0 Å². The molecule has 2 N–H and O–H groups in total. The van der Waals surface area contributed by atoms with Gasteiger partial charge in [0.05, 0.1) is 19.3 Å². The molecule has 21 nitrogen and oxygen atoms in total. The van der Waals surface area contributed by atoms with E-state index in [-0.39, 0.29) is 11.3 Å². The number of phosphoric acid groups is 3. The predicted molar refractivity (Wildman–Crippen MR) is 149 cm³/mol. The standard InChI is InChI=1S/C23H26N2O19P4/c1-38-15-7-9-16(10-8-15)45(30,31)42-47(34,35)44-48(36,37)43-46(32,33)39-13-17-19(27)20(41-22(28)14-5-3-2-4-6-14)21(40-17)25-12-11-18(26)24-23(25)29/h2-12,17,19-21,27H,13H2,1H3,(H,30,31)(H,32,33)(H,34,35)(H,36,37)(H,24,26,29)/p-4/t17-,19?,20+,21-/m1/s1. The summed E-state index contributed by atoms with van der Waals surface area (Å²) in [4.78, 5) is 87.2. The molecule has 25 heteroatoms. The van der Waals surface area contributed by atoms with Gasteiger partial charge in [-0.3, -0.25) is 32.4 Å². The van der Waals surface area contributed by atoms with Crippen molar-refractivity contribution in [3.8, 4) is 5.75 Å². The number of phosphoric ester groups is 1. The first-order valence-electron chi connectivity index (χ1n) is 12.9. The Hall–Kier alpha value is -3.09. The Labute approximate surface area is 268 Å². The van der Waals surface area contributed by atoms with E-state index in [1.807, 2.05) is 4.98 Å². The summed E-state index contributed by atoms with van der Waals surface area (Å²) < 4.78 is 80.5. The lowest BCUT2D eigenvalue weighted by atomic mass is 10.1. The summed E-state index contributed by atoms with van der Waals surface area (Å²) in [5.74, 6) is -0.850. The number of nitrogens with zero attached hydrogens (tertiary/aromatic N) is 1. The fourth-order valence-corrected chi connectivity index (χ4v) is 9.20. The third-order valence-electron chi connectivity index (χ3n) is 6.08. The van der Waals surface area contributed by atoms with Crippen molar-refractivity contribution in [2.24, 2.45) is 0 Å². The van der Waals surface area contributed by atoms with Gasteiger partial charge in [-0.15, -0.1) is 0 Å². The van der Waals surface area contributed by atoms with E-state index >= 15 is 0 Å². The molecule has 8 atom stereocenters. The summed E-state index contributed by atoms with van der Waals surface area (Å²) in [6.45, 7) is -1.30. The molecule has 48 heavy (non-hydrogen) atoms. The Bertz CT molecular complexity index is 1930. The number of aromatic amines is 1. The van der Waals surface area contributed by atoms with Crippen LogP contribution in [0.15, 0.2) is 76.4 Å². The maximum atomic E-state index is 12.7. The van der Waals surface area contributed by atoms with E-state index in [9.17, 15) is 57.3 Å². The minimum atomic E-state index is -6.52. The summed E-state index contributed by atoms with van der Waals surface area (Å²) in [5.41, 5.74) is -1.92. The molecule has 0 saturated carbocycles. The van der Waals surface area contributed by atoms with Crippen molar-refractivity contribution in [2.75, 3.05) is 13.7 Å². The first-order valence-corrected chi connectivity index (χ1v) is 18.8. The second-order valence-corrected chi connectivity index (χ2v) is 15.8. The molecule has 2 heterocycles. The highest BCUT2D eigenvalue weighted by molar-refractivity contribution is 7.71. The number of aromatic nitrogens is 2. The maximum Gasteiger partial charge on any atom is 0.338 e. The van der Waals surface area contributed by atoms with Crippen LogP contribution < -0.4 is 40.9 Å². The Morgan fingerprint density at radius 2 is 1.50 bits per heavy atom. The van der Waals surface area contributed by atoms with Gasteiger partial charge >= 0.3 is 11.7 Å². The first-order chi connectivity index (χ1) is 22.3. The Morgan fingerprint density at radius 1 is 0.896 bits per heavy atom. The van der Waals surface area contributed by atoms with Gasteiger partial charge in [0, 0.05) is 17.6 Å². The number of hydrogen-bond acceptors (Lipinski definition) is 19. The highest BCUT2D eigenvalue weighted by Gasteiger charge is 2.48. The van der Waals surface area contributed by atoms with Crippen LogP contribution in [0.5, 0.6) is 5.75 Å². The summed E-state index contributed by atoms with van der Waals surface area (Å²) in [7, 11) is -23.4. The van der Waals surface area contributed by atoms with Crippen molar-refractivity contribution in [3.63, 3.8) is 0 Å². The number of methoxy groups -OCH3 is 1. The fourth-order valence-electron chi connectivity index (χ4n) is 4.01. The van der Waals surface area contributed by atoms with Crippen molar-refractivity contribution in [1.29, 1.82) is 0 Å². The molecular formula is C23H22N2O19P4-4. The van der Waals surface area contributed by atoms with Crippen molar-refractivity contribution in [3.05, 3.63) is 93.3 Å². The predicted octanol–water partition coefficient (Wildman–Crippen LogP) is -1.62. The number of aliphatic hydroxyl groups excluding tert-OH is 1. The fraction of sp³-hybridized carbons (Fsp3) is 0.261. The lowest BCUT2D eigenvalue weighted by Gasteiger charge is -2.36. The molecule has 0 radical (unpaired) electrons. The van der Waals surface area contributed by atoms with Crippen molar-refractivity contribution in [1.82, 2.24) is 9.55 Å². The normalized spacial score (nSPS) is 24.4. The highest BCUT2D eigenvalue weighted by atomic mass is 31.3. The van der Waals surface area contributed by atoms with Crippen molar-refractivity contribution < 1.29 is 79.4 Å². The number of esters is 1. The monoisotopic (exact) mass is 754 g/mol. The van der Waals surface area contributed by atoms with E-state index in [0.717, 1.165) is 36.5 Å². The Kier molecular flexibility index (Phi) is 11.6. The molecular weight excluding hydrogens is 732 g/mol. The topological polar surface area (TPSA) is 317 Å². The van der Waals surface area contributed by atoms with Gasteiger partial charge in [-0.05, 0) is 36.4 Å². The van der Waals surface area contributed by atoms with Gasteiger partial charge in [-0.25, -0.2) is 18.2 Å². The molecule has 1 saturated heterocycles. The summed E-state index contributed by atoms with van der Waals surface area (Å²) in [6.07, 6.45) is -6.34. The molecule has 0 amide bonds. The third-order valence-corrected chi connectivity index (χ3v) is 12.3. The van der Waals surface area contributed by atoms with Gasteiger partial charge in [0.15, 0.2) is 19.9 Å². The highest BCUT2D eigenvalue weighted by Crippen LogP contribution is 2.66. The summed E-state index contributed by atoms with van der Waals surface area (Å²) in [6, 6.07) is 12.1. The van der Waals surface area contributed by atoms with Crippen LogP contribution in [0.1, 0.15) is 16.6 Å². The van der Waals surface area contributed by atoms with Crippen LogP contribution >= 0.6 is 31.1 Å². The number of rotatable bonds is 14. The number of H-pyrrole nitrogens is 1. The average Bonchev–Trinajstić information content (AvgIpc) is 3.29. The van der Waals surface area contributed by atoms with Crippen LogP contribution in [-0.4, -0.2) is 52.7 Å². The van der Waals surface area contributed by atoms with Gasteiger partial charge < -0.3 is 48.0 Å². The van der Waals surface area contributed by atoms with E-state index in [0.29, 0.717) is 4.57 Å². The molecule has 5 unspecified atom stereocenters. The number of aliphatic hydroxyl groups is 1. The molecule has 0 aliphatic carbocycles. The number of benzene rings is 2. The number of hydrogen-bond donors (Lipinski definition) is 2. The van der Waals surface area contributed by atoms with Crippen molar-refractivity contribution in [2.45, 2.75) is 24.5 Å². The molecule has 1 aromatic heterocycles. The Morgan fingerprint density at radius 3 is 2.10 bits per heavy atom. The molecule has 1 aliphatic heterocycles. The smallest absolute Gasteiger partial charge is 0.338 e. The van der Waals surface area contributed by atoms with Gasteiger partial charge in [-0.2, -0.15) is 0 Å². The molecule has 1 aliphatic rings. The van der Waals surface area contributed by atoms with E-state index in [2.05, 4.69) is 17.5 Å². The minimum Gasteiger partial charge on any atom is -0.775 e. The van der Waals surface area contributed by atoms with Crippen LogP contribution in [0.25, 0.3) is 0 Å². The molecule has 2 aromatic carbocycles. The van der Waals surface area contributed by atoms with Gasteiger partial charge in [-0.1, -0.05) is 18.2 Å². The molecule has 0 bridgehead atoms. The van der Waals surface area contributed by atoms with Crippen LogP contribution in [0, 0.1) is 0 Å². The largest absolute Gasteiger partial charge is 0.775 e. The molecule has 1 fully saturated rings. The second kappa shape index (κ2) is 14.8. The number of carbonyl (C=O) groups is 1. The number of ether oxygens (including phenoxy) is 3. The first kappa shape index (κ1) is 37.7. The summed E-state index contributed by atoms with van der Waals surface area (Å²) >= 11 is 0. The van der Waals surface area contributed by atoms with Crippen LogP contribution in [-0.2, 0) is 45.2 Å². The maximum absolute atomic E-state index is 12.7. The zero-order valence-electron chi connectivity index (χ0n) is 23.9. The molecule has 4 rings (SSSR count). The zero-order chi connectivity index (χ0) is 35.5. The minimum absolute atomic E-state index is 0.00222. The van der Waals surface area contributed by atoms with Gasteiger partial charge in [0.25, 0.3) is 29.0 Å². The molecule has 3 aromatic rings. The van der Waals surface area contributed by atoms with Crippen molar-refractivity contribution >= 4 is 42.3 Å². The van der Waals surface area contributed by atoms with E-state index in [1.54, 1.807) is 6.07 Å². The SMILES string of the molecule is COc1ccc(P(=O)([O-])OP(=O)([O-])OP(=O)([O-])OP(=O)([O-])OC[C@H]2O[C@@H](n3ccc(=O)[nH]c3=O)[C@@H](OC(=O)c3ccccc3)C2O)cc1. The van der Waals surface area contributed by atoms with Crippen LogP contribution in [0.3, 0.4) is 0 Å². The lowest BCUT2D eigenvalue weighted by molar-refractivity contribution is -0.251. The van der Waals surface area contributed by atoms with Gasteiger partial charge in [0.1, 0.15) is 18.0 Å². The zero-order valence-corrected chi connectivity index (χ0v) is 27.5. The molecule has 262 valence electrons. The quantitative estimate of drug-likeness (QED) is 0.138.